The fourth-order valence-electron chi connectivity index (χ4n) is 0.838. The lowest BCUT2D eigenvalue weighted by Crippen LogP contribution is -2.49. The van der Waals surface area contributed by atoms with Crippen LogP contribution in [-0.2, 0) is 9.53 Å². The minimum Gasteiger partial charge on any atom is -0.477 e. The first-order valence-electron chi connectivity index (χ1n) is 2.94. The van der Waals surface area contributed by atoms with Crippen molar-refractivity contribution < 1.29 is 30.0 Å². The van der Waals surface area contributed by atoms with Crippen molar-refractivity contribution in [3.63, 3.8) is 0 Å². The molecule has 1 heterocycles. The number of rotatable bonds is 1. The van der Waals surface area contributed by atoms with E-state index in [9.17, 15) is 4.79 Å². The zero-order valence-electron chi connectivity index (χ0n) is 5.47. The predicted octanol–water partition coefficient (Wildman–Crippen LogP) is -2.49. The highest BCUT2D eigenvalue weighted by molar-refractivity contribution is 5.76. The third kappa shape index (κ3) is 1.10. The van der Waals surface area contributed by atoms with Gasteiger partial charge in [0.25, 0.3) is 5.79 Å². The van der Waals surface area contributed by atoms with Gasteiger partial charge < -0.3 is 25.2 Å². The zero-order chi connectivity index (χ0) is 8.65. The zero-order valence-corrected chi connectivity index (χ0v) is 5.47. The molecule has 0 aromatic rings. The summed E-state index contributed by atoms with van der Waals surface area (Å²) in [6.45, 7) is -0.385. The summed E-state index contributed by atoms with van der Waals surface area (Å²) in [7, 11) is 0. The molecule has 6 heteroatoms. The van der Waals surface area contributed by atoms with Crippen LogP contribution in [0.15, 0.2) is 0 Å². The van der Waals surface area contributed by atoms with Crippen molar-refractivity contribution in [2.75, 3.05) is 6.61 Å². The second-order valence-electron chi connectivity index (χ2n) is 2.32. The molecule has 0 amide bonds. The maximum atomic E-state index is 10.2. The number of aliphatic hydroxyl groups is 3. The fraction of sp³-hybridized carbons (Fsp3) is 0.800. The van der Waals surface area contributed by atoms with Crippen LogP contribution in [0.25, 0.3) is 0 Å². The quantitative estimate of drug-likeness (QED) is 0.341. The van der Waals surface area contributed by atoms with Crippen LogP contribution in [0.4, 0.5) is 0 Å². The van der Waals surface area contributed by atoms with Gasteiger partial charge in [-0.15, -0.1) is 0 Å². The van der Waals surface area contributed by atoms with Crippen molar-refractivity contribution in [3.05, 3.63) is 0 Å². The van der Waals surface area contributed by atoms with E-state index in [-0.39, 0.29) is 6.61 Å². The number of aliphatic hydroxyl groups excluding tert-OH is 2. The Bertz CT molecular complexity index is 180. The Hall–Kier alpha value is -0.690. The molecule has 0 spiro atoms. The van der Waals surface area contributed by atoms with Crippen molar-refractivity contribution >= 4 is 5.97 Å². The van der Waals surface area contributed by atoms with Crippen LogP contribution in [0, 0.1) is 0 Å². The van der Waals surface area contributed by atoms with Crippen molar-refractivity contribution in [3.8, 4) is 0 Å². The molecule has 64 valence electrons. The van der Waals surface area contributed by atoms with Crippen LogP contribution in [0.5, 0.6) is 0 Å². The van der Waals surface area contributed by atoms with Gasteiger partial charge in [0.1, 0.15) is 12.2 Å². The molecule has 1 fully saturated rings. The number of carboxylic acids is 1. The van der Waals surface area contributed by atoms with E-state index in [1.807, 2.05) is 0 Å². The van der Waals surface area contributed by atoms with E-state index in [0.717, 1.165) is 0 Å². The van der Waals surface area contributed by atoms with Gasteiger partial charge in [-0.05, 0) is 0 Å². The first kappa shape index (κ1) is 8.41. The molecule has 4 N–H and O–H groups in total. The first-order chi connectivity index (χ1) is 4.98. The molecule has 0 aromatic carbocycles. The summed E-state index contributed by atoms with van der Waals surface area (Å²) < 4.78 is 4.28. The minimum absolute atomic E-state index is 0.385. The molecular weight excluding hydrogens is 156 g/mol. The van der Waals surface area contributed by atoms with E-state index < -0.39 is 24.0 Å². The Morgan fingerprint density at radius 1 is 1.55 bits per heavy atom. The summed E-state index contributed by atoms with van der Waals surface area (Å²) in [6.07, 6.45) is -3.14. The highest BCUT2D eigenvalue weighted by Crippen LogP contribution is 2.23. The van der Waals surface area contributed by atoms with Gasteiger partial charge in [0.2, 0.25) is 0 Å². The lowest BCUT2D eigenvalue weighted by molar-refractivity contribution is -0.230. The molecule has 1 aliphatic heterocycles. The van der Waals surface area contributed by atoms with Gasteiger partial charge in [-0.25, -0.2) is 4.79 Å². The summed E-state index contributed by atoms with van der Waals surface area (Å²) in [4.78, 5) is 10.2. The lowest BCUT2D eigenvalue weighted by atomic mass is 10.1. The van der Waals surface area contributed by atoms with E-state index in [2.05, 4.69) is 4.74 Å². The summed E-state index contributed by atoms with van der Waals surface area (Å²) in [5.41, 5.74) is 0. The molecule has 1 saturated heterocycles. The SMILES string of the molecule is O=C(O)C1(O)OCC(O)C1O. The molecule has 3 atom stereocenters. The van der Waals surface area contributed by atoms with Gasteiger partial charge in [0.05, 0.1) is 6.61 Å². The third-order valence-corrected chi connectivity index (χ3v) is 1.55. The molecule has 11 heavy (non-hydrogen) atoms. The topological polar surface area (TPSA) is 107 Å². The largest absolute Gasteiger partial charge is 0.477 e. The number of hydrogen-bond acceptors (Lipinski definition) is 5. The number of ether oxygens (including phenoxy) is 1. The molecule has 0 aromatic heterocycles. The van der Waals surface area contributed by atoms with Gasteiger partial charge in [-0.2, -0.15) is 0 Å². The normalized spacial score (nSPS) is 44.3. The maximum absolute atomic E-state index is 10.2. The van der Waals surface area contributed by atoms with Crippen LogP contribution >= 0.6 is 0 Å². The minimum atomic E-state index is -2.65. The number of hydrogen-bond donors (Lipinski definition) is 4. The highest BCUT2D eigenvalue weighted by atomic mass is 16.7. The van der Waals surface area contributed by atoms with Crippen molar-refractivity contribution in [1.82, 2.24) is 0 Å². The molecule has 1 aliphatic rings. The van der Waals surface area contributed by atoms with E-state index in [4.69, 9.17) is 20.4 Å². The molecule has 0 radical (unpaired) electrons. The second-order valence-corrected chi connectivity index (χ2v) is 2.32. The van der Waals surface area contributed by atoms with Crippen molar-refractivity contribution in [2.45, 2.75) is 18.0 Å². The summed E-state index contributed by atoms with van der Waals surface area (Å²) in [6, 6.07) is 0. The van der Waals surface area contributed by atoms with Gasteiger partial charge in [0.15, 0.2) is 0 Å². The Morgan fingerprint density at radius 3 is 2.27 bits per heavy atom. The van der Waals surface area contributed by atoms with Gasteiger partial charge in [-0.3, -0.25) is 0 Å². The van der Waals surface area contributed by atoms with Crippen LogP contribution in [0.2, 0.25) is 0 Å². The molecule has 0 bridgehead atoms. The van der Waals surface area contributed by atoms with E-state index in [1.165, 1.54) is 0 Å². The molecule has 0 saturated carbocycles. The van der Waals surface area contributed by atoms with Gasteiger partial charge >= 0.3 is 5.97 Å². The third-order valence-electron chi connectivity index (χ3n) is 1.55. The first-order valence-corrected chi connectivity index (χ1v) is 2.94. The molecule has 1 rings (SSSR count). The Balaban J connectivity index is 2.81. The maximum Gasteiger partial charge on any atom is 0.367 e. The molecule has 6 nitrogen and oxygen atoms in total. The number of carbonyl (C=O) groups is 1. The summed E-state index contributed by atoms with van der Waals surface area (Å²) in [5, 5.41) is 35.0. The van der Waals surface area contributed by atoms with Crippen LogP contribution < -0.4 is 0 Å². The monoisotopic (exact) mass is 164 g/mol. The predicted molar refractivity (Wildman–Crippen MR) is 30.6 cm³/mol. The van der Waals surface area contributed by atoms with Crippen LogP contribution in [0.1, 0.15) is 0 Å². The van der Waals surface area contributed by atoms with Crippen LogP contribution in [0.3, 0.4) is 0 Å². The Kier molecular flexibility index (Phi) is 1.85. The van der Waals surface area contributed by atoms with E-state index in [1.54, 1.807) is 0 Å². The summed E-state index contributed by atoms with van der Waals surface area (Å²) >= 11 is 0. The van der Waals surface area contributed by atoms with Crippen molar-refractivity contribution in [2.24, 2.45) is 0 Å². The summed E-state index contributed by atoms with van der Waals surface area (Å²) in [5.74, 6) is -4.36. The molecule has 3 unspecified atom stereocenters. The van der Waals surface area contributed by atoms with E-state index in [0.29, 0.717) is 0 Å². The fourth-order valence-corrected chi connectivity index (χ4v) is 0.838. The Morgan fingerprint density at radius 2 is 2.09 bits per heavy atom. The van der Waals surface area contributed by atoms with Gasteiger partial charge in [-0.1, -0.05) is 0 Å². The van der Waals surface area contributed by atoms with E-state index >= 15 is 0 Å². The average Bonchev–Trinajstić information content (AvgIpc) is 2.18. The second kappa shape index (κ2) is 2.42. The lowest BCUT2D eigenvalue weighted by Gasteiger charge is -2.19. The Labute approximate surface area is 61.6 Å². The standard InChI is InChI=1S/C5H8O6/c6-2-1-11-5(10,3(2)7)4(8)9/h2-3,6-7,10H,1H2,(H,8,9). The average molecular weight is 164 g/mol. The van der Waals surface area contributed by atoms with Crippen molar-refractivity contribution in [1.29, 1.82) is 0 Å². The highest BCUT2D eigenvalue weighted by Gasteiger charge is 2.54. The van der Waals surface area contributed by atoms with Gasteiger partial charge in [0, 0.05) is 0 Å². The van der Waals surface area contributed by atoms with Crippen LogP contribution in [-0.4, -0.2) is 51.0 Å². The smallest absolute Gasteiger partial charge is 0.367 e. The molecular formula is C5H8O6. The number of carboxylic acid groups (broad SMARTS) is 1. The molecule has 0 aliphatic carbocycles. The number of aliphatic carboxylic acids is 1.